The summed E-state index contributed by atoms with van der Waals surface area (Å²) in [6.45, 7) is 0.569. The fraction of sp³-hybridized carbons (Fsp3) is 0.375. The number of rotatable bonds is 3. The number of nitrogens with one attached hydrogen (secondary N) is 1. The molecular formula is C8H11N5O. The van der Waals surface area contributed by atoms with E-state index in [1.54, 1.807) is 4.68 Å². The molecule has 0 saturated carbocycles. The van der Waals surface area contributed by atoms with Crippen LogP contribution in [0.3, 0.4) is 0 Å². The Hall–Kier alpha value is -1.69. The summed E-state index contributed by atoms with van der Waals surface area (Å²) in [6, 6.07) is 1.84. The number of nitrogens with zero attached hydrogens (tertiary/aromatic N) is 4. The molecule has 2 heterocycles. The van der Waals surface area contributed by atoms with Gasteiger partial charge in [-0.1, -0.05) is 5.16 Å². The van der Waals surface area contributed by atoms with Gasteiger partial charge in [0.2, 0.25) is 11.7 Å². The van der Waals surface area contributed by atoms with Crippen LogP contribution in [0.2, 0.25) is 0 Å². The van der Waals surface area contributed by atoms with Crippen LogP contribution in [0.25, 0.3) is 11.5 Å². The number of aryl methyl sites for hydroxylation is 1. The SMILES string of the molecule is CNCc1nc(-c2ccn(C)n2)no1. The van der Waals surface area contributed by atoms with Crippen molar-refractivity contribution in [3.63, 3.8) is 0 Å². The summed E-state index contributed by atoms with van der Waals surface area (Å²) in [5.41, 5.74) is 0.721. The summed E-state index contributed by atoms with van der Waals surface area (Å²) in [7, 11) is 3.67. The van der Waals surface area contributed by atoms with E-state index < -0.39 is 0 Å². The predicted molar refractivity (Wildman–Crippen MR) is 49.3 cm³/mol. The van der Waals surface area contributed by atoms with E-state index in [4.69, 9.17) is 4.52 Å². The lowest BCUT2D eigenvalue weighted by molar-refractivity contribution is 0.372. The molecule has 0 aliphatic carbocycles. The van der Waals surface area contributed by atoms with Crippen LogP contribution in [0.15, 0.2) is 16.8 Å². The standard InChI is InChI=1S/C8H11N5O/c1-9-5-7-10-8(12-14-7)6-3-4-13(2)11-6/h3-4,9H,5H2,1-2H3. The van der Waals surface area contributed by atoms with E-state index in [0.29, 0.717) is 18.3 Å². The maximum absolute atomic E-state index is 5.00. The van der Waals surface area contributed by atoms with E-state index in [1.165, 1.54) is 0 Å². The minimum absolute atomic E-state index is 0.524. The van der Waals surface area contributed by atoms with Crippen LogP contribution >= 0.6 is 0 Å². The van der Waals surface area contributed by atoms with Crippen LogP contribution in [0.4, 0.5) is 0 Å². The lowest BCUT2D eigenvalue weighted by atomic mass is 10.4. The van der Waals surface area contributed by atoms with Crippen molar-refractivity contribution >= 4 is 0 Å². The molecule has 0 fully saturated rings. The van der Waals surface area contributed by atoms with Crippen molar-refractivity contribution in [2.45, 2.75) is 6.54 Å². The average molecular weight is 193 g/mol. The number of aromatic nitrogens is 4. The molecule has 0 radical (unpaired) electrons. The molecule has 0 aliphatic rings. The molecule has 6 heteroatoms. The van der Waals surface area contributed by atoms with Gasteiger partial charge >= 0.3 is 0 Å². The summed E-state index contributed by atoms with van der Waals surface area (Å²) in [4.78, 5) is 4.17. The van der Waals surface area contributed by atoms with Gasteiger partial charge in [0, 0.05) is 13.2 Å². The molecule has 0 aromatic carbocycles. The number of hydrogen-bond donors (Lipinski definition) is 1. The summed E-state index contributed by atoms with van der Waals surface area (Å²) in [5, 5.41) is 10.9. The molecule has 0 bridgehead atoms. The number of hydrogen-bond acceptors (Lipinski definition) is 5. The first-order valence-corrected chi connectivity index (χ1v) is 4.27. The topological polar surface area (TPSA) is 68.8 Å². The third-order valence-corrected chi connectivity index (χ3v) is 1.74. The molecule has 14 heavy (non-hydrogen) atoms. The van der Waals surface area contributed by atoms with Gasteiger partial charge in [0.15, 0.2) is 0 Å². The van der Waals surface area contributed by atoms with Crippen LogP contribution < -0.4 is 5.32 Å². The summed E-state index contributed by atoms with van der Waals surface area (Å²) in [6.07, 6.45) is 1.84. The second-order valence-corrected chi connectivity index (χ2v) is 2.92. The van der Waals surface area contributed by atoms with Crippen molar-refractivity contribution < 1.29 is 4.52 Å². The van der Waals surface area contributed by atoms with Gasteiger partial charge in [0.05, 0.1) is 6.54 Å². The highest BCUT2D eigenvalue weighted by Crippen LogP contribution is 2.11. The summed E-state index contributed by atoms with van der Waals surface area (Å²) in [5.74, 6) is 1.09. The molecule has 0 amide bonds. The van der Waals surface area contributed by atoms with Gasteiger partial charge in [-0.2, -0.15) is 10.1 Å². The Labute approximate surface area is 80.9 Å². The predicted octanol–water partition coefficient (Wildman–Crippen LogP) is 0.189. The van der Waals surface area contributed by atoms with Crippen molar-refractivity contribution in [1.29, 1.82) is 0 Å². The lowest BCUT2D eigenvalue weighted by Crippen LogP contribution is -2.04. The zero-order valence-corrected chi connectivity index (χ0v) is 8.06. The van der Waals surface area contributed by atoms with Crippen molar-refractivity contribution in [2.75, 3.05) is 7.05 Å². The van der Waals surface area contributed by atoms with E-state index >= 15 is 0 Å². The van der Waals surface area contributed by atoms with E-state index in [-0.39, 0.29) is 0 Å². The van der Waals surface area contributed by atoms with Crippen LogP contribution in [-0.4, -0.2) is 27.0 Å². The lowest BCUT2D eigenvalue weighted by Gasteiger charge is -1.87. The first-order valence-electron chi connectivity index (χ1n) is 4.27. The normalized spacial score (nSPS) is 10.7. The summed E-state index contributed by atoms with van der Waals surface area (Å²) < 4.78 is 6.69. The monoisotopic (exact) mass is 193 g/mol. The molecule has 2 aromatic rings. The van der Waals surface area contributed by atoms with Gasteiger partial charge in [-0.15, -0.1) is 0 Å². The second kappa shape index (κ2) is 3.59. The summed E-state index contributed by atoms with van der Waals surface area (Å²) >= 11 is 0. The Morgan fingerprint density at radius 1 is 1.57 bits per heavy atom. The Kier molecular flexibility index (Phi) is 2.28. The van der Waals surface area contributed by atoms with Crippen LogP contribution in [-0.2, 0) is 13.6 Å². The fourth-order valence-corrected chi connectivity index (χ4v) is 1.12. The van der Waals surface area contributed by atoms with Crippen molar-refractivity contribution in [3.05, 3.63) is 18.2 Å². The van der Waals surface area contributed by atoms with E-state index in [1.807, 2.05) is 26.4 Å². The molecule has 2 aromatic heterocycles. The van der Waals surface area contributed by atoms with Gasteiger partial charge < -0.3 is 9.84 Å². The Morgan fingerprint density at radius 3 is 3.07 bits per heavy atom. The maximum atomic E-state index is 5.00. The zero-order valence-electron chi connectivity index (χ0n) is 8.06. The first-order chi connectivity index (χ1) is 6.79. The molecular weight excluding hydrogens is 182 g/mol. The van der Waals surface area contributed by atoms with Crippen LogP contribution in [0.1, 0.15) is 5.89 Å². The van der Waals surface area contributed by atoms with Crippen molar-refractivity contribution in [1.82, 2.24) is 25.2 Å². The molecule has 1 N–H and O–H groups in total. The Morgan fingerprint density at radius 2 is 2.43 bits per heavy atom. The molecule has 2 rings (SSSR count). The average Bonchev–Trinajstić information content (AvgIpc) is 2.74. The minimum atomic E-state index is 0.524. The van der Waals surface area contributed by atoms with Gasteiger partial charge in [-0.25, -0.2) is 0 Å². The van der Waals surface area contributed by atoms with E-state index in [0.717, 1.165) is 5.69 Å². The molecule has 0 spiro atoms. The van der Waals surface area contributed by atoms with E-state index in [9.17, 15) is 0 Å². The smallest absolute Gasteiger partial charge is 0.240 e. The molecule has 0 saturated heterocycles. The largest absolute Gasteiger partial charge is 0.337 e. The molecule has 6 nitrogen and oxygen atoms in total. The molecule has 0 unspecified atom stereocenters. The Balaban J connectivity index is 2.24. The van der Waals surface area contributed by atoms with Gasteiger partial charge in [-0.05, 0) is 13.1 Å². The second-order valence-electron chi connectivity index (χ2n) is 2.92. The third kappa shape index (κ3) is 1.64. The van der Waals surface area contributed by atoms with Gasteiger partial charge in [-0.3, -0.25) is 4.68 Å². The molecule has 0 aliphatic heterocycles. The van der Waals surface area contributed by atoms with Crippen LogP contribution in [0.5, 0.6) is 0 Å². The molecule has 0 atom stereocenters. The maximum Gasteiger partial charge on any atom is 0.240 e. The van der Waals surface area contributed by atoms with Gasteiger partial charge in [0.25, 0.3) is 0 Å². The fourth-order valence-electron chi connectivity index (χ4n) is 1.12. The van der Waals surface area contributed by atoms with Crippen LogP contribution in [0, 0.1) is 0 Å². The molecule has 74 valence electrons. The van der Waals surface area contributed by atoms with E-state index in [2.05, 4.69) is 20.6 Å². The highest BCUT2D eigenvalue weighted by molar-refractivity contribution is 5.46. The quantitative estimate of drug-likeness (QED) is 0.753. The Bertz CT molecular complexity index is 419. The highest BCUT2D eigenvalue weighted by Gasteiger charge is 2.09. The van der Waals surface area contributed by atoms with Gasteiger partial charge in [0.1, 0.15) is 5.69 Å². The minimum Gasteiger partial charge on any atom is -0.337 e. The zero-order chi connectivity index (χ0) is 9.97. The third-order valence-electron chi connectivity index (χ3n) is 1.74. The first kappa shape index (κ1) is 8.89. The van der Waals surface area contributed by atoms with Crippen molar-refractivity contribution in [2.24, 2.45) is 7.05 Å². The van der Waals surface area contributed by atoms with Crippen molar-refractivity contribution in [3.8, 4) is 11.5 Å². The highest BCUT2D eigenvalue weighted by atomic mass is 16.5.